The van der Waals surface area contributed by atoms with Gasteiger partial charge in [0.05, 0.1) is 5.60 Å². The number of hydrogen-bond donors (Lipinski definition) is 2. The van der Waals surface area contributed by atoms with E-state index < -0.39 is 5.60 Å². The summed E-state index contributed by atoms with van der Waals surface area (Å²) in [7, 11) is 0. The molecule has 2 rings (SSSR count). The fourth-order valence-corrected chi connectivity index (χ4v) is 2.39. The number of hydrogen-bond acceptors (Lipinski definition) is 3. The normalized spacial score (nSPS) is 17.9. The molecule has 1 aliphatic rings. The summed E-state index contributed by atoms with van der Waals surface area (Å²) in [5.41, 5.74) is 1.93. The minimum Gasteiger partial charge on any atom is -0.390 e. The van der Waals surface area contributed by atoms with Crippen LogP contribution in [0.1, 0.15) is 25.0 Å². The monoisotopic (exact) mass is 248 g/mol. The Kier molecular flexibility index (Phi) is 4.38. The van der Waals surface area contributed by atoms with Crippen LogP contribution in [0.4, 0.5) is 0 Å². The Bertz CT molecular complexity index is 361. The average molecular weight is 248 g/mol. The van der Waals surface area contributed by atoms with Gasteiger partial charge in [0.1, 0.15) is 0 Å². The van der Waals surface area contributed by atoms with E-state index in [9.17, 15) is 5.11 Å². The first-order valence-electron chi connectivity index (χ1n) is 6.76. The molecule has 0 bridgehead atoms. The molecule has 1 aromatic rings. The lowest BCUT2D eigenvalue weighted by Gasteiger charge is -2.27. The molecular weight excluding hydrogens is 224 g/mol. The van der Waals surface area contributed by atoms with Gasteiger partial charge in [-0.1, -0.05) is 24.3 Å². The summed E-state index contributed by atoms with van der Waals surface area (Å²) in [6, 6.07) is 8.64. The van der Waals surface area contributed by atoms with Crippen LogP contribution >= 0.6 is 0 Å². The molecule has 18 heavy (non-hydrogen) atoms. The van der Waals surface area contributed by atoms with Crippen molar-refractivity contribution in [2.24, 2.45) is 0 Å². The first-order valence-corrected chi connectivity index (χ1v) is 6.76. The fraction of sp³-hybridized carbons (Fsp3) is 0.600. The maximum atomic E-state index is 9.79. The van der Waals surface area contributed by atoms with E-state index >= 15 is 0 Å². The zero-order chi connectivity index (χ0) is 13.0. The van der Waals surface area contributed by atoms with E-state index in [-0.39, 0.29) is 0 Å². The molecule has 1 saturated heterocycles. The van der Waals surface area contributed by atoms with Crippen molar-refractivity contribution in [3.05, 3.63) is 35.4 Å². The Labute approximate surface area is 110 Å². The molecule has 0 saturated carbocycles. The molecule has 3 heteroatoms. The van der Waals surface area contributed by atoms with Crippen molar-refractivity contribution in [3.63, 3.8) is 0 Å². The topological polar surface area (TPSA) is 35.5 Å². The van der Waals surface area contributed by atoms with Gasteiger partial charge in [-0.25, -0.2) is 0 Å². The first-order chi connectivity index (χ1) is 8.53. The standard InChI is InChI=1S/C15H24N2O/c1-15(2,18)11-13-3-5-14(6-4-13)12-17-9-7-16-8-10-17/h3-6,16,18H,7-12H2,1-2H3. The summed E-state index contributed by atoms with van der Waals surface area (Å²) in [4.78, 5) is 2.47. The van der Waals surface area contributed by atoms with Gasteiger partial charge in [0.15, 0.2) is 0 Å². The summed E-state index contributed by atoms with van der Waals surface area (Å²) in [5, 5.41) is 13.2. The van der Waals surface area contributed by atoms with Crippen LogP contribution in [0.3, 0.4) is 0 Å². The Hall–Kier alpha value is -0.900. The fourth-order valence-electron chi connectivity index (χ4n) is 2.39. The molecule has 0 unspecified atom stereocenters. The number of piperazine rings is 1. The zero-order valence-corrected chi connectivity index (χ0v) is 11.4. The molecule has 1 aromatic carbocycles. The minimum absolute atomic E-state index is 0.625. The number of rotatable bonds is 4. The van der Waals surface area contributed by atoms with Crippen molar-refractivity contribution < 1.29 is 5.11 Å². The zero-order valence-electron chi connectivity index (χ0n) is 11.4. The van der Waals surface area contributed by atoms with Gasteiger partial charge in [0.2, 0.25) is 0 Å². The van der Waals surface area contributed by atoms with E-state index in [4.69, 9.17) is 0 Å². The van der Waals surface area contributed by atoms with Crippen LogP contribution in [0.5, 0.6) is 0 Å². The lowest BCUT2D eigenvalue weighted by atomic mass is 9.98. The molecule has 0 aromatic heterocycles. The van der Waals surface area contributed by atoms with Crippen LogP contribution in [0.25, 0.3) is 0 Å². The SMILES string of the molecule is CC(C)(O)Cc1ccc(CN2CCNCC2)cc1. The van der Waals surface area contributed by atoms with Gasteiger partial charge in [-0.15, -0.1) is 0 Å². The van der Waals surface area contributed by atoms with Crippen LogP contribution in [0.15, 0.2) is 24.3 Å². The summed E-state index contributed by atoms with van der Waals surface area (Å²) in [6.07, 6.45) is 0.709. The second-order valence-corrected chi connectivity index (χ2v) is 5.83. The van der Waals surface area contributed by atoms with Gasteiger partial charge < -0.3 is 10.4 Å². The highest BCUT2D eigenvalue weighted by Crippen LogP contribution is 2.14. The molecule has 3 nitrogen and oxygen atoms in total. The van der Waals surface area contributed by atoms with Crippen LogP contribution in [0, 0.1) is 0 Å². The number of benzene rings is 1. The molecular formula is C15H24N2O. The molecule has 100 valence electrons. The molecule has 1 heterocycles. The number of aliphatic hydroxyl groups is 1. The van der Waals surface area contributed by atoms with Crippen LogP contribution in [0.2, 0.25) is 0 Å². The highest BCUT2D eigenvalue weighted by atomic mass is 16.3. The predicted octanol–water partition coefficient (Wildman–Crippen LogP) is 1.41. The van der Waals surface area contributed by atoms with Crippen molar-refractivity contribution in [1.82, 2.24) is 10.2 Å². The molecule has 0 radical (unpaired) electrons. The van der Waals surface area contributed by atoms with Gasteiger partial charge in [-0.2, -0.15) is 0 Å². The third kappa shape index (κ3) is 4.41. The minimum atomic E-state index is -0.625. The van der Waals surface area contributed by atoms with Gasteiger partial charge in [0, 0.05) is 39.1 Å². The maximum absolute atomic E-state index is 9.79. The summed E-state index contributed by atoms with van der Waals surface area (Å²) in [6.45, 7) is 9.18. The molecule has 0 spiro atoms. The Morgan fingerprint density at radius 2 is 1.67 bits per heavy atom. The molecule has 0 aliphatic carbocycles. The molecule has 0 amide bonds. The van der Waals surface area contributed by atoms with E-state index in [1.54, 1.807) is 0 Å². The van der Waals surface area contributed by atoms with Crippen LogP contribution < -0.4 is 5.32 Å². The van der Waals surface area contributed by atoms with E-state index in [0.29, 0.717) is 6.42 Å². The van der Waals surface area contributed by atoms with Crippen LogP contribution in [-0.4, -0.2) is 41.8 Å². The van der Waals surface area contributed by atoms with Gasteiger partial charge in [-0.05, 0) is 25.0 Å². The number of nitrogens with zero attached hydrogens (tertiary/aromatic N) is 1. The third-order valence-corrected chi connectivity index (χ3v) is 3.28. The van der Waals surface area contributed by atoms with Crippen LogP contribution in [-0.2, 0) is 13.0 Å². The number of nitrogens with one attached hydrogen (secondary N) is 1. The van der Waals surface area contributed by atoms with Gasteiger partial charge in [-0.3, -0.25) is 4.90 Å². The molecule has 2 N–H and O–H groups in total. The van der Waals surface area contributed by atoms with E-state index in [1.807, 2.05) is 13.8 Å². The highest BCUT2D eigenvalue weighted by molar-refractivity contribution is 5.23. The smallest absolute Gasteiger partial charge is 0.0631 e. The quantitative estimate of drug-likeness (QED) is 0.845. The maximum Gasteiger partial charge on any atom is 0.0631 e. The van der Waals surface area contributed by atoms with Gasteiger partial charge in [0.25, 0.3) is 0 Å². The lowest BCUT2D eigenvalue weighted by molar-refractivity contribution is 0.0810. The largest absolute Gasteiger partial charge is 0.390 e. The van der Waals surface area contributed by atoms with Gasteiger partial charge >= 0.3 is 0 Å². The first kappa shape index (κ1) is 13.5. The summed E-state index contributed by atoms with van der Waals surface area (Å²) < 4.78 is 0. The Balaban J connectivity index is 1.90. The Morgan fingerprint density at radius 3 is 2.22 bits per heavy atom. The van der Waals surface area contributed by atoms with Crippen molar-refractivity contribution >= 4 is 0 Å². The summed E-state index contributed by atoms with van der Waals surface area (Å²) in [5.74, 6) is 0. The molecule has 1 fully saturated rings. The van der Waals surface area contributed by atoms with Crippen molar-refractivity contribution in [3.8, 4) is 0 Å². The summed E-state index contributed by atoms with van der Waals surface area (Å²) >= 11 is 0. The molecule has 0 atom stereocenters. The molecule has 1 aliphatic heterocycles. The average Bonchev–Trinajstić information content (AvgIpc) is 2.31. The van der Waals surface area contributed by atoms with Crippen molar-refractivity contribution in [2.45, 2.75) is 32.4 Å². The van der Waals surface area contributed by atoms with Crippen molar-refractivity contribution in [2.75, 3.05) is 26.2 Å². The van der Waals surface area contributed by atoms with E-state index in [0.717, 1.165) is 32.7 Å². The second-order valence-electron chi connectivity index (χ2n) is 5.83. The third-order valence-electron chi connectivity index (χ3n) is 3.28. The predicted molar refractivity (Wildman–Crippen MR) is 74.6 cm³/mol. The Morgan fingerprint density at radius 1 is 1.11 bits per heavy atom. The van der Waals surface area contributed by atoms with E-state index in [2.05, 4.69) is 34.5 Å². The second kappa shape index (κ2) is 5.83. The van der Waals surface area contributed by atoms with Crippen molar-refractivity contribution in [1.29, 1.82) is 0 Å². The lowest BCUT2D eigenvalue weighted by Crippen LogP contribution is -2.42. The highest BCUT2D eigenvalue weighted by Gasteiger charge is 2.13. The van der Waals surface area contributed by atoms with E-state index in [1.165, 1.54) is 11.1 Å².